The largest absolute Gasteiger partial charge is 0.383 e. The van der Waals surface area contributed by atoms with E-state index >= 15 is 0 Å². The topological polar surface area (TPSA) is 108 Å². The molecule has 0 bridgehead atoms. The summed E-state index contributed by atoms with van der Waals surface area (Å²) < 4.78 is 31.0. The summed E-state index contributed by atoms with van der Waals surface area (Å²) in [5.74, 6) is -0.263. The van der Waals surface area contributed by atoms with E-state index in [1.165, 1.54) is 31.4 Å². The average molecular weight is 311 g/mol. The molecule has 1 aromatic rings. The number of rotatable bonds is 8. The van der Waals surface area contributed by atoms with Crippen LogP contribution < -0.4 is 10.0 Å². The number of nitriles is 1. The smallest absolute Gasteiger partial charge is 0.240 e. The fourth-order valence-electron chi connectivity index (χ4n) is 1.50. The number of hydrogen-bond acceptors (Lipinski definition) is 5. The first kappa shape index (κ1) is 17.1. The SMILES string of the molecule is COCCNC(=O)CCNS(=O)(=O)c1cccc(C#N)c1. The van der Waals surface area contributed by atoms with Crippen LogP contribution in [0.5, 0.6) is 0 Å². The van der Waals surface area contributed by atoms with Gasteiger partial charge in [0.15, 0.2) is 0 Å². The van der Waals surface area contributed by atoms with Crippen molar-refractivity contribution < 1.29 is 17.9 Å². The van der Waals surface area contributed by atoms with Crippen LogP contribution in [0.1, 0.15) is 12.0 Å². The maximum Gasteiger partial charge on any atom is 0.240 e. The van der Waals surface area contributed by atoms with Gasteiger partial charge in [-0.15, -0.1) is 0 Å². The number of ether oxygens (including phenoxy) is 1. The molecule has 0 atom stereocenters. The average Bonchev–Trinajstić information content (AvgIpc) is 2.47. The van der Waals surface area contributed by atoms with Crippen molar-refractivity contribution in [1.82, 2.24) is 10.0 Å². The van der Waals surface area contributed by atoms with E-state index in [2.05, 4.69) is 10.0 Å². The number of benzene rings is 1. The van der Waals surface area contributed by atoms with Crippen molar-refractivity contribution in [3.05, 3.63) is 29.8 Å². The third kappa shape index (κ3) is 5.91. The molecule has 2 N–H and O–H groups in total. The first-order chi connectivity index (χ1) is 9.99. The van der Waals surface area contributed by atoms with Gasteiger partial charge >= 0.3 is 0 Å². The van der Waals surface area contributed by atoms with Crippen LogP contribution in [0.4, 0.5) is 0 Å². The summed E-state index contributed by atoms with van der Waals surface area (Å²) in [6.45, 7) is 0.767. The molecule has 0 unspecified atom stereocenters. The Hall–Kier alpha value is -1.95. The number of nitrogens with zero attached hydrogens (tertiary/aromatic N) is 1. The Morgan fingerprint density at radius 3 is 2.81 bits per heavy atom. The summed E-state index contributed by atoms with van der Waals surface area (Å²) in [5.41, 5.74) is 0.259. The van der Waals surface area contributed by atoms with Gasteiger partial charge in [0, 0.05) is 26.6 Å². The molecule has 1 aromatic carbocycles. The minimum atomic E-state index is -3.72. The van der Waals surface area contributed by atoms with Gasteiger partial charge in [-0.05, 0) is 18.2 Å². The number of carbonyl (C=O) groups is 1. The molecule has 0 spiro atoms. The number of hydrogen-bond donors (Lipinski definition) is 2. The molecule has 0 aliphatic carbocycles. The lowest BCUT2D eigenvalue weighted by Gasteiger charge is -2.07. The molecule has 0 saturated carbocycles. The van der Waals surface area contributed by atoms with Gasteiger partial charge in [0.25, 0.3) is 0 Å². The first-order valence-electron chi connectivity index (χ1n) is 6.25. The van der Waals surface area contributed by atoms with Crippen LogP contribution in [0.15, 0.2) is 29.2 Å². The molecule has 0 fully saturated rings. The molecule has 114 valence electrons. The molecule has 0 heterocycles. The van der Waals surface area contributed by atoms with Crippen LogP contribution in [0.3, 0.4) is 0 Å². The van der Waals surface area contributed by atoms with Gasteiger partial charge in [0.05, 0.1) is 23.1 Å². The third-order valence-electron chi connectivity index (χ3n) is 2.55. The highest BCUT2D eigenvalue weighted by molar-refractivity contribution is 7.89. The van der Waals surface area contributed by atoms with Crippen molar-refractivity contribution >= 4 is 15.9 Å². The van der Waals surface area contributed by atoms with Crippen molar-refractivity contribution in [2.45, 2.75) is 11.3 Å². The molecule has 1 rings (SSSR count). The van der Waals surface area contributed by atoms with Gasteiger partial charge < -0.3 is 10.1 Å². The molecule has 0 aromatic heterocycles. The predicted octanol–water partition coefficient (Wildman–Crippen LogP) is -0.0107. The van der Waals surface area contributed by atoms with Gasteiger partial charge in [-0.3, -0.25) is 4.79 Å². The summed E-state index contributed by atoms with van der Waals surface area (Å²) in [6.07, 6.45) is 0.0287. The van der Waals surface area contributed by atoms with E-state index in [0.29, 0.717) is 13.2 Å². The highest BCUT2D eigenvalue weighted by Crippen LogP contribution is 2.10. The second-order valence-corrected chi connectivity index (χ2v) is 5.90. The fraction of sp³-hybridized carbons (Fsp3) is 0.385. The summed E-state index contributed by atoms with van der Waals surface area (Å²) in [4.78, 5) is 11.4. The Bertz CT molecular complexity index is 623. The van der Waals surface area contributed by atoms with Gasteiger partial charge in [-0.2, -0.15) is 5.26 Å². The van der Waals surface area contributed by atoms with Crippen molar-refractivity contribution in [2.75, 3.05) is 26.8 Å². The van der Waals surface area contributed by atoms with Crippen LogP contribution in [0.2, 0.25) is 0 Å². The zero-order valence-corrected chi connectivity index (χ0v) is 12.4. The molecule has 21 heavy (non-hydrogen) atoms. The lowest BCUT2D eigenvalue weighted by molar-refractivity contribution is -0.121. The zero-order chi connectivity index (χ0) is 15.7. The quantitative estimate of drug-likeness (QED) is 0.656. The first-order valence-corrected chi connectivity index (χ1v) is 7.73. The highest BCUT2D eigenvalue weighted by Gasteiger charge is 2.14. The van der Waals surface area contributed by atoms with Gasteiger partial charge in [0.1, 0.15) is 0 Å². The number of carbonyl (C=O) groups excluding carboxylic acids is 1. The van der Waals surface area contributed by atoms with Gasteiger partial charge in [-0.1, -0.05) is 6.07 Å². The lowest BCUT2D eigenvalue weighted by Crippen LogP contribution is -2.32. The molecule has 0 aliphatic rings. The molecule has 1 amide bonds. The Morgan fingerprint density at radius 1 is 1.38 bits per heavy atom. The number of amides is 1. The third-order valence-corrected chi connectivity index (χ3v) is 4.00. The van der Waals surface area contributed by atoms with E-state index in [1.807, 2.05) is 6.07 Å². The van der Waals surface area contributed by atoms with Crippen molar-refractivity contribution in [3.8, 4) is 6.07 Å². The van der Waals surface area contributed by atoms with E-state index in [-0.39, 0.29) is 29.3 Å². The Morgan fingerprint density at radius 2 is 2.14 bits per heavy atom. The maximum atomic E-state index is 12.0. The molecular weight excluding hydrogens is 294 g/mol. The fourth-order valence-corrected chi connectivity index (χ4v) is 2.57. The van der Waals surface area contributed by atoms with Crippen LogP contribution >= 0.6 is 0 Å². The summed E-state index contributed by atoms with van der Waals surface area (Å²) in [5, 5.41) is 11.3. The molecule has 7 nitrogen and oxygen atoms in total. The van der Waals surface area contributed by atoms with E-state index in [4.69, 9.17) is 10.00 Å². The summed E-state index contributed by atoms with van der Waals surface area (Å²) in [6, 6.07) is 7.55. The Kier molecular flexibility index (Phi) is 6.81. The monoisotopic (exact) mass is 311 g/mol. The highest BCUT2D eigenvalue weighted by atomic mass is 32.2. The molecule has 0 aliphatic heterocycles. The van der Waals surface area contributed by atoms with Gasteiger partial charge in [-0.25, -0.2) is 13.1 Å². The van der Waals surface area contributed by atoms with E-state index in [9.17, 15) is 13.2 Å². The molecule has 8 heteroatoms. The molecule has 0 saturated heterocycles. The van der Waals surface area contributed by atoms with Crippen LogP contribution in [0, 0.1) is 11.3 Å². The molecular formula is C13H17N3O4S. The van der Waals surface area contributed by atoms with Crippen LogP contribution in [0.25, 0.3) is 0 Å². The summed E-state index contributed by atoms with van der Waals surface area (Å²) >= 11 is 0. The second-order valence-electron chi connectivity index (χ2n) is 4.13. The van der Waals surface area contributed by atoms with Crippen LogP contribution in [-0.4, -0.2) is 41.1 Å². The van der Waals surface area contributed by atoms with Crippen molar-refractivity contribution in [3.63, 3.8) is 0 Å². The zero-order valence-electron chi connectivity index (χ0n) is 11.6. The Balaban J connectivity index is 2.50. The standard InChI is InChI=1S/C13H17N3O4S/c1-20-8-7-15-13(17)5-6-16-21(18,19)12-4-2-3-11(9-12)10-14/h2-4,9,16H,5-8H2,1H3,(H,15,17). The molecule has 0 radical (unpaired) electrons. The predicted molar refractivity (Wildman–Crippen MR) is 75.8 cm³/mol. The lowest BCUT2D eigenvalue weighted by atomic mass is 10.2. The van der Waals surface area contributed by atoms with Crippen molar-refractivity contribution in [2.24, 2.45) is 0 Å². The van der Waals surface area contributed by atoms with E-state index in [1.54, 1.807) is 0 Å². The number of nitrogens with one attached hydrogen (secondary N) is 2. The normalized spacial score (nSPS) is 10.9. The maximum absolute atomic E-state index is 12.0. The second kappa shape index (κ2) is 8.36. The van der Waals surface area contributed by atoms with Crippen LogP contribution in [-0.2, 0) is 19.6 Å². The van der Waals surface area contributed by atoms with E-state index < -0.39 is 10.0 Å². The van der Waals surface area contributed by atoms with Gasteiger partial charge in [0.2, 0.25) is 15.9 Å². The number of sulfonamides is 1. The Labute approximate surface area is 124 Å². The summed E-state index contributed by atoms with van der Waals surface area (Å²) in [7, 11) is -2.20. The minimum absolute atomic E-state index is 0.00124. The van der Waals surface area contributed by atoms with Crippen molar-refractivity contribution in [1.29, 1.82) is 5.26 Å². The van der Waals surface area contributed by atoms with E-state index in [0.717, 1.165) is 0 Å². The number of methoxy groups -OCH3 is 1. The minimum Gasteiger partial charge on any atom is -0.383 e.